The van der Waals surface area contributed by atoms with Crippen LogP contribution in [0.15, 0.2) is 54.9 Å². The third-order valence-electron chi connectivity index (χ3n) is 7.02. The molecule has 4 aromatic rings. The lowest BCUT2D eigenvalue weighted by atomic mass is 9.98. The predicted molar refractivity (Wildman–Crippen MR) is 149 cm³/mol. The zero-order valence-corrected chi connectivity index (χ0v) is 22.6. The molecule has 1 aliphatic rings. The van der Waals surface area contributed by atoms with Crippen LogP contribution in [0.5, 0.6) is 11.6 Å². The molecule has 13 heteroatoms. The van der Waals surface area contributed by atoms with E-state index in [4.69, 9.17) is 4.74 Å². The van der Waals surface area contributed by atoms with Crippen molar-refractivity contribution in [3.05, 3.63) is 66.2 Å². The number of aromatic nitrogens is 3. The van der Waals surface area contributed by atoms with Crippen molar-refractivity contribution in [2.24, 2.45) is 5.92 Å². The smallest absolute Gasteiger partial charge is 0.416 e. The predicted octanol–water partition coefficient (Wildman–Crippen LogP) is 5.63. The van der Waals surface area contributed by atoms with E-state index in [-0.39, 0.29) is 34.2 Å². The molecule has 2 unspecified atom stereocenters. The minimum absolute atomic E-state index is 0.0339. The van der Waals surface area contributed by atoms with Gasteiger partial charge in [0.25, 0.3) is 0 Å². The molecule has 2 aromatic carbocycles. The number of ether oxygens (including phenoxy) is 1. The number of fused-ring (bicyclic) bond motifs is 1. The number of nitrogens with one attached hydrogen (secondary N) is 3. The molecule has 1 saturated heterocycles. The first-order chi connectivity index (χ1) is 20.1. The highest BCUT2D eigenvalue weighted by Crippen LogP contribution is 2.41. The minimum Gasteiger partial charge on any atom is -0.437 e. The Bertz CT molecular complexity index is 1550. The zero-order valence-electron chi connectivity index (χ0n) is 22.6. The number of piperidine rings is 1. The number of aliphatic hydroxyl groups excluding tert-OH is 1. The molecule has 1 fully saturated rings. The van der Waals surface area contributed by atoms with Crippen LogP contribution in [0.3, 0.4) is 0 Å². The van der Waals surface area contributed by atoms with Gasteiger partial charge < -0.3 is 25.8 Å². The highest BCUT2D eigenvalue weighted by atomic mass is 19.4. The molecule has 0 amide bonds. The van der Waals surface area contributed by atoms with Gasteiger partial charge in [-0.3, -0.25) is 0 Å². The van der Waals surface area contributed by atoms with E-state index in [1.165, 1.54) is 13.1 Å². The van der Waals surface area contributed by atoms with Crippen molar-refractivity contribution < 1.29 is 31.8 Å². The Morgan fingerprint density at radius 3 is 2.60 bits per heavy atom. The van der Waals surface area contributed by atoms with Gasteiger partial charge in [0.1, 0.15) is 11.9 Å². The average Bonchev–Trinajstić information content (AvgIpc) is 2.98. The van der Waals surface area contributed by atoms with Crippen LogP contribution < -0.4 is 20.7 Å². The number of aliphatic hydroxyl groups is 1. The highest BCUT2D eigenvalue weighted by Gasteiger charge is 2.38. The van der Waals surface area contributed by atoms with E-state index in [0.717, 1.165) is 0 Å². The van der Waals surface area contributed by atoms with Crippen LogP contribution in [0, 0.1) is 18.7 Å². The van der Waals surface area contributed by atoms with Gasteiger partial charge in [0.2, 0.25) is 11.8 Å². The summed E-state index contributed by atoms with van der Waals surface area (Å²) in [6.45, 7) is 2.04. The van der Waals surface area contributed by atoms with Gasteiger partial charge in [0, 0.05) is 48.4 Å². The fourth-order valence-corrected chi connectivity index (χ4v) is 4.85. The monoisotopic (exact) mass is 588 g/mol. The second kappa shape index (κ2) is 12.4. The number of alkyl halides is 4. The van der Waals surface area contributed by atoms with E-state index in [2.05, 4.69) is 30.9 Å². The Kier molecular flexibility index (Phi) is 8.69. The van der Waals surface area contributed by atoms with Crippen LogP contribution in [0.4, 0.5) is 33.6 Å². The molecular formula is C29H29F5N6O2. The van der Waals surface area contributed by atoms with Crippen LogP contribution in [0.1, 0.15) is 12.0 Å². The molecule has 222 valence electrons. The van der Waals surface area contributed by atoms with E-state index < -0.39 is 30.8 Å². The van der Waals surface area contributed by atoms with Gasteiger partial charge in [-0.1, -0.05) is 24.3 Å². The topological polar surface area (TPSA) is 104 Å². The Balaban J connectivity index is 1.43. The molecule has 2 aromatic heterocycles. The lowest BCUT2D eigenvalue weighted by molar-refractivity contribution is -0.198. The second-order valence-corrected chi connectivity index (χ2v) is 10.1. The summed E-state index contributed by atoms with van der Waals surface area (Å²) < 4.78 is 74.1. The van der Waals surface area contributed by atoms with Crippen molar-refractivity contribution in [3.8, 4) is 22.9 Å². The van der Waals surface area contributed by atoms with Crippen molar-refractivity contribution >= 4 is 22.4 Å². The van der Waals surface area contributed by atoms with Crippen LogP contribution in [-0.2, 0) is 0 Å². The number of pyridine rings is 1. The Labute approximate surface area is 238 Å². The third kappa shape index (κ3) is 6.52. The van der Waals surface area contributed by atoms with Gasteiger partial charge in [-0.2, -0.15) is 13.2 Å². The maximum Gasteiger partial charge on any atom is 0.416 e. The summed E-state index contributed by atoms with van der Waals surface area (Å²) in [7, 11) is 0. The van der Waals surface area contributed by atoms with Gasteiger partial charge in [-0.05, 0) is 44.0 Å². The van der Waals surface area contributed by atoms with Gasteiger partial charge >= 0.3 is 6.18 Å². The molecule has 3 atom stereocenters. The van der Waals surface area contributed by atoms with E-state index in [9.17, 15) is 22.7 Å². The van der Waals surface area contributed by atoms with Crippen LogP contribution >= 0.6 is 0 Å². The molecule has 0 radical (unpaired) electrons. The van der Waals surface area contributed by atoms with E-state index in [1.807, 2.05) is 0 Å². The molecule has 3 heterocycles. The van der Waals surface area contributed by atoms with Crippen molar-refractivity contribution in [1.82, 2.24) is 20.3 Å². The average molecular weight is 589 g/mol. The SMILES string of the molecule is Cc1c(F)c(NCC(O)C(F)(F)F)c2ccccc2c1Oc1ncccc1-c1ccnc(NCC2CNC[C@@H](F)C2)n1. The van der Waals surface area contributed by atoms with Gasteiger partial charge in [0.05, 0.1) is 16.9 Å². The van der Waals surface area contributed by atoms with Crippen LogP contribution in [-0.4, -0.2) is 64.7 Å². The lowest BCUT2D eigenvalue weighted by Gasteiger charge is -2.25. The molecule has 0 aliphatic carbocycles. The standard InChI is InChI=1S/C29H29F5N6O2/c1-16-24(31)25(38-15-23(41)29(32,33)34)19-5-2-3-6-20(19)26(16)42-27-21(7-4-9-36-27)22-8-10-37-28(40-22)39-13-17-11-18(30)14-35-12-17/h2-10,17-18,23,35,38,41H,11-15H2,1H3,(H,37,39,40)/t17?,18-,23?/m0/s1. The molecule has 0 saturated carbocycles. The lowest BCUT2D eigenvalue weighted by Crippen LogP contribution is -2.40. The van der Waals surface area contributed by atoms with E-state index in [1.54, 1.807) is 48.7 Å². The van der Waals surface area contributed by atoms with Gasteiger partial charge in [-0.15, -0.1) is 0 Å². The molecule has 5 rings (SSSR count). The summed E-state index contributed by atoms with van der Waals surface area (Å²) in [5.74, 6) is -0.148. The number of halogens is 5. The number of benzene rings is 2. The van der Waals surface area contributed by atoms with Crippen LogP contribution in [0.25, 0.3) is 22.0 Å². The van der Waals surface area contributed by atoms with Gasteiger partial charge in [0.15, 0.2) is 11.9 Å². The molecule has 0 spiro atoms. The number of rotatable bonds is 9. The number of nitrogens with zero attached hydrogens (tertiary/aromatic N) is 3. The first-order valence-electron chi connectivity index (χ1n) is 13.4. The third-order valence-corrected chi connectivity index (χ3v) is 7.02. The molecule has 4 N–H and O–H groups in total. The summed E-state index contributed by atoms with van der Waals surface area (Å²) in [5, 5.41) is 18.7. The molecular weight excluding hydrogens is 559 g/mol. The van der Waals surface area contributed by atoms with E-state index >= 15 is 4.39 Å². The number of anilines is 2. The Morgan fingerprint density at radius 1 is 1.05 bits per heavy atom. The summed E-state index contributed by atoms with van der Waals surface area (Å²) in [4.78, 5) is 13.2. The summed E-state index contributed by atoms with van der Waals surface area (Å²) >= 11 is 0. The normalized spacial score (nSPS) is 18.1. The first-order valence-corrected chi connectivity index (χ1v) is 13.4. The minimum atomic E-state index is -4.85. The fourth-order valence-electron chi connectivity index (χ4n) is 4.85. The largest absolute Gasteiger partial charge is 0.437 e. The Morgan fingerprint density at radius 2 is 1.83 bits per heavy atom. The molecule has 8 nitrogen and oxygen atoms in total. The van der Waals surface area contributed by atoms with Crippen molar-refractivity contribution in [1.29, 1.82) is 0 Å². The van der Waals surface area contributed by atoms with E-state index in [0.29, 0.717) is 48.6 Å². The summed E-state index contributed by atoms with van der Waals surface area (Å²) in [6.07, 6.45) is -4.90. The van der Waals surface area contributed by atoms with Crippen molar-refractivity contribution in [2.45, 2.75) is 31.8 Å². The zero-order chi connectivity index (χ0) is 29.9. The summed E-state index contributed by atoms with van der Waals surface area (Å²) in [5.41, 5.74) is 0.818. The maximum absolute atomic E-state index is 15.6. The van der Waals surface area contributed by atoms with Crippen molar-refractivity contribution in [3.63, 3.8) is 0 Å². The molecule has 1 aliphatic heterocycles. The summed E-state index contributed by atoms with van der Waals surface area (Å²) in [6, 6.07) is 11.6. The molecule has 0 bridgehead atoms. The second-order valence-electron chi connectivity index (χ2n) is 10.1. The quantitative estimate of drug-likeness (QED) is 0.187. The Hall–Kier alpha value is -4.10. The first kappa shape index (κ1) is 29.4. The number of hydrogen-bond donors (Lipinski definition) is 4. The molecule has 42 heavy (non-hydrogen) atoms. The van der Waals surface area contributed by atoms with Gasteiger partial charge in [-0.25, -0.2) is 23.7 Å². The maximum atomic E-state index is 15.6. The van der Waals surface area contributed by atoms with Crippen molar-refractivity contribution in [2.75, 3.05) is 36.8 Å². The van der Waals surface area contributed by atoms with Crippen LogP contribution in [0.2, 0.25) is 0 Å². The number of hydrogen-bond acceptors (Lipinski definition) is 8. The fraction of sp³-hybridized carbons (Fsp3) is 0.345. The highest BCUT2D eigenvalue weighted by molar-refractivity contribution is 5.99.